The lowest BCUT2D eigenvalue weighted by atomic mass is 10.1. The van der Waals surface area contributed by atoms with Gasteiger partial charge in [0.25, 0.3) is 0 Å². The van der Waals surface area contributed by atoms with Gasteiger partial charge in [0, 0.05) is 39.0 Å². The number of hydrogen-bond acceptors (Lipinski definition) is 4. The summed E-state index contributed by atoms with van der Waals surface area (Å²) in [5, 5.41) is 0. The second-order valence-electron chi connectivity index (χ2n) is 4.15. The molecule has 1 aromatic heterocycles. The average Bonchev–Trinajstić information content (AvgIpc) is 2.69. The third kappa shape index (κ3) is 3.92. The summed E-state index contributed by atoms with van der Waals surface area (Å²) in [7, 11) is 3.72. The Morgan fingerprint density at radius 3 is 2.81 bits per heavy atom. The summed E-state index contributed by atoms with van der Waals surface area (Å²) in [4.78, 5) is 4.29. The van der Waals surface area contributed by atoms with Gasteiger partial charge in [-0.3, -0.25) is 11.3 Å². The van der Waals surface area contributed by atoms with Crippen LogP contribution in [0.5, 0.6) is 0 Å². The number of aryl methyl sites for hydroxylation is 1. The van der Waals surface area contributed by atoms with Crippen molar-refractivity contribution < 1.29 is 4.74 Å². The van der Waals surface area contributed by atoms with Crippen LogP contribution in [0.2, 0.25) is 0 Å². The molecule has 1 rings (SSSR count). The molecule has 2 atom stereocenters. The molecule has 0 radical (unpaired) electrons. The molecule has 0 amide bonds. The highest BCUT2D eigenvalue weighted by Gasteiger charge is 2.12. The highest BCUT2D eigenvalue weighted by Crippen LogP contribution is 2.08. The number of nitrogens with two attached hydrogens (primary N) is 1. The SMILES string of the molecule is COC(C)CCC(Cc1nccn1C)NN. The molecule has 3 N–H and O–H groups in total. The van der Waals surface area contributed by atoms with Gasteiger partial charge in [-0.1, -0.05) is 0 Å². The highest BCUT2D eigenvalue weighted by molar-refractivity contribution is 4.94. The lowest BCUT2D eigenvalue weighted by molar-refractivity contribution is 0.106. The molecule has 0 aliphatic carbocycles. The normalized spacial score (nSPS) is 15.0. The minimum Gasteiger partial charge on any atom is -0.382 e. The number of hydrazine groups is 1. The Morgan fingerprint density at radius 2 is 2.31 bits per heavy atom. The lowest BCUT2D eigenvalue weighted by Gasteiger charge is -2.17. The molecule has 0 spiro atoms. The molecule has 0 saturated heterocycles. The third-order valence-electron chi connectivity index (χ3n) is 2.91. The van der Waals surface area contributed by atoms with Gasteiger partial charge in [-0.15, -0.1) is 0 Å². The van der Waals surface area contributed by atoms with E-state index in [9.17, 15) is 0 Å². The van der Waals surface area contributed by atoms with Crippen molar-refractivity contribution >= 4 is 0 Å². The quantitative estimate of drug-likeness (QED) is 0.528. The van der Waals surface area contributed by atoms with Crippen LogP contribution in [-0.2, 0) is 18.2 Å². The molecular weight excluding hydrogens is 204 g/mol. The van der Waals surface area contributed by atoms with E-state index in [0.717, 1.165) is 25.1 Å². The maximum absolute atomic E-state index is 5.54. The second kappa shape index (κ2) is 6.62. The number of rotatable bonds is 7. The van der Waals surface area contributed by atoms with Crippen LogP contribution in [-0.4, -0.2) is 28.8 Å². The van der Waals surface area contributed by atoms with E-state index in [1.807, 2.05) is 17.8 Å². The Kier molecular flexibility index (Phi) is 5.45. The van der Waals surface area contributed by atoms with E-state index in [1.165, 1.54) is 0 Å². The second-order valence-corrected chi connectivity index (χ2v) is 4.15. The fraction of sp³-hybridized carbons (Fsp3) is 0.727. The van der Waals surface area contributed by atoms with E-state index in [2.05, 4.69) is 17.3 Å². The van der Waals surface area contributed by atoms with Crippen molar-refractivity contribution in [3.8, 4) is 0 Å². The van der Waals surface area contributed by atoms with Gasteiger partial charge >= 0.3 is 0 Å². The first-order chi connectivity index (χ1) is 7.67. The predicted molar refractivity (Wildman–Crippen MR) is 63.7 cm³/mol. The molecule has 0 fully saturated rings. The van der Waals surface area contributed by atoms with Crippen molar-refractivity contribution in [2.75, 3.05) is 7.11 Å². The smallest absolute Gasteiger partial charge is 0.109 e. The lowest BCUT2D eigenvalue weighted by Crippen LogP contribution is -2.38. The first-order valence-corrected chi connectivity index (χ1v) is 5.62. The highest BCUT2D eigenvalue weighted by atomic mass is 16.5. The molecule has 0 aliphatic heterocycles. The van der Waals surface area contributed by atoms with E-state index in [-0.39, 0.29) is 12.1 Å². The Bertz CT molecular complexity index is 300. The number of nitrogens with zero attached hydrogens (tertiary/aromatic N) is 2. The van der Waals surface area contributed by atoms with E-state index in [4.69, 9.17) is 10.6 Å². The maximum Gasteiger partial charge on any atom is 0.109 e. The molecule has 1 heterocycles. The predicted octanol–water partition coefficient (Wildman–Crippen LogP) is 0.610. The molecule has 2 unspecified atom stereocenters. The Morgan fingerprint density at radius 1 is 1.56 bits per heavy atom. The Hall–Kier alpha value is -0.910. The van der Waals surface area contributed by atoms with Crippen LogP contribution in [0.4, 0.5) is 0 Å². The van der Waals surface area contributed by atoms with Crippen molar-refractivity contribution in [1.82, 2.24) is 15.0 Å². The van der Waals surface area contributed by atoms with E-state index >= 15 is 0 Å². The topological polar surface area (TPSA) is 65.1 Å². The molecule has 0 aliphatic rings. The van der Waals surface area contributed by atoms with Gasteiger partial charge in [-0.2, -0.15) is 0 Å². The Balaban J connectivity index is 2.40. The number of ether oxygens (including phenoxy) is 1. The molecular formula is C11H22N4O. The maximum atomic E-state index is 5.54. The molecule has 5 heteroatoms. The van der Waals surface area contributed by atoms with Crippen LogP contribution >= 0.6 is 0 Å². The molecule has 0 saturated carbocycles. The summed E-state index contributed by atoms with van der Waals surface area (Å²) in [5.41, 5.74) is 2.84. The van der Waals surface area contributed by atoms with E-state index in [0.29, 0.717) is 0 Å². The largest absolute Gasteiger partial charge is 0.382 e. The summed E-state index contributed by atoms with van der Waals surface area (Å²) in [6.45, 7) is 2.06. The van der Waals surface area contributed by atoms with E-state index < -0.39 is 0 Å². The van der Waals surface area contributed by atoms with Crippen molar-refractivity contribution in [3.05, 3.63) is 18.2 Å². The molecule has 5 nitrogen and oxygen atoms in total. The summed E-state index contributed by atoms with van der Waals surface area (Å²) in [6.07, 6.45) is 6.85. The monoisotopic (exact) mass is 226 g/mol. The third-order valence-corrected chi connectivity index (χ3v) is 2.91. The van der Waals surface area contributed by atoms with Crippen LogP contribution in [0.25, 0.3) is 0 Å². The molecule has 92 valence electrons. The van der Waals surface area contributed by atoms with Crippen molar-refractivity contribution in [3.63, 3.8) is 0 Å². The van der Waals surface area contributed by atoms with Crippen LogP contribution in [0, 0.1) is 0 Å². The summed E-state index contributed by atoms with van der Waals surface area (Å²) < 4.78 is 7.23. The fourth-order valence-corrected chi connectivity index (χ4v) is 1.61. The van der Waals surface area contributed by atoms with Gasteiger partial charge in [0.15, 0.2) is 0 Å². The van der Waals surface area contributed by atoms with Gasteiger partial charge in [0.1, 0.15) is 5.82 Å². The van der Waals surface area contributed by atoms with Crippen LogP contribution in [0.15, 0.2) is 12.4 Å². The van der Waals surface area contributed by atoms with Crippen LogP contribution in [0.1, 0.15) is 25.6 Å². The number of imidazole rings is 1. The first kappa shape index (κ1) is 13.2. The molecule has 0 bridgehead atoms. The standard InChI is InChI=1S/C11H22N4O/c1-9(16-3)4-5-10(14-12)8-11-13-6-7-15(11)2/h6-7,9-10,14H,4-5,8,12H2,1-3H3. The van der Waals surface area contributed by atoms with E-state index in [1.54, 1.807) is 13.3 Å². The summed E-state index contributed by atoms with van der Waals surface area (Å²) >= 11 is 0. The van der Waals surface area contributed by atoms with Gasteiger partial charge in [0.2, 0.25) is 0 Å². The summed E-state index contributed by atoms with van der Waals surface area (Å²) in [5.74, 6) is 6.59. The first-order valence-electron chi connectivity index (χ1n) is 5.62. The van der Waals surface area contributed by atoms with Gasteiger partial charge in [-0.05, 0) is 19.8 Å². The minimum atomic E-state index is 0.249. The number of methoxy groups -OCH3 is 1. The van der Waals surface area contributed by atoms with Crippen LogP contribution < -0.4 is 11.3 Å². The zero-order chi connectivity index (χ0) is 12.0. The van der Waals surface area contributed by atoms with Crippen LogP contribution in [0.3, 0.4) is 0 Å². The molecule has 1 aromatic rings. The average molecular weight is 226 g/mol. The van der Waals surface area contributed by atoms with Gasteiger partial charge in [0.05, 0.1) is 6.10 Å². The zero-order valence-corrected chi connectivity index (χ0v) is 10.3. The fourth-order valence-electron chi connectivity index (χ4n) is 1.61. The van der Waals surface area contributed by atoms with Crippen molar-refractivity contribution in [2.45, 2.75) is 38.3 Å². The van der Waals surface area contributed by atoms with Gasteiger partial charge in [-0.25, -0.2) is 4.98 Å². The summed E-state index contributed by atoms with van der Waals surface area (Å²) in [6, 6.07) is 0.249. The van der Waals surface area contributed by atoms with Crippen molar-refractivity contribution in [1.29, 1.82) is 0 Å². The number of hydrogen-bond donors (Lipinski definition) is 2. The number of aromatic nitrogens is 2. The van der Waals surface area contributed by atoms with Crippen molar-refractivity contribution in [2.24, 2.45) is 12.9 Å². The molecule has 0 aromatic carbocycles. The molecule has 16 heavy (non-hydrogen) atoms. The Labute approximate surface area is 97.0 Å². The number of nitrogens with one attached hydrogen (secondary N) is 1. The van der Waals surface area contributed by atoms with Gasteiger partial charge < -0.3 is 9.30 Å². The minimum absolute atomic E-state index is 0.249. The zero-order valence-electron chi connectivity index (χ0n) is 10.3.